The molecule has 1 heterocycles. The van der Waals surface area contributed by atoms with Gasteiger partial charge in [0.15, 0.2) is 0 Å². The van der Waals surface area contributed by atoms with Gasteiger partial charge in [-0.15, -0.1) is 0 Å². The second kappa shape index (κ2) is 5.85. The number of nitrogens with one attached hydrogen (secondary N) is 2. The van der Waals surface area contributed by atoms with E-state index in [1.54, 1.807) is 14.2 Å². The second-order valence-electron chi connectivity index (χ2n) is 6.46. The summed E-state index contributed by atoms with van der Waals surface area (Å²) in [6.45, 7) is 0. The fraction of sp³-hybridized carbons (Fsp3) is 0.444. The van der Waals surface area contributed by atoms with E-state index in [0.717, 1.165) is 54.1 Å². The number of anilines is 1. The molecule has 0 atom stereocenters. The van der Waals surface area contributed by atoms with Crippen molar-refractivity contribution in [2.24, 2.45) is 5.92 Å². The fourth-order valence-electron chi connectivity index (χ4n) is 2.91. The molecule has 0 saturated heterocycles. The Balaban J connectivity index is 1.75. The van der Waals surface area contributed by atoms with E-state index < -0.39 is 0 Å². The molecule has 0 radical (unpaired) electrons. The number of carbonyl (C=O) groups excluding carboxylic acids is 1. The first-order chi connectivity index (χ1) is 11.7. The van der Waals surface area contributed by atoms with Crippen LogP contribution in [0.5, 0.6) is 11.5 Å². The zero-order chi connectivity index (χ0) is 16.7. The van der Waals surface area contributed by atoms with E-state index in [9.17, 15) is 4.79 Å². The number of aromatic amines is 1. The van der Waals surface area contributed by atoms with Crippen LogP contribution in [0.3, 0.4) is 0 Å². The summed E-state index contributed by atoms with van der Waals surface area (Å²) in [5.74, 6) is 2.09. The van der Waals surface area contributed by atoms with Gasteiger partial charge >= 0.3 is 0 Å². The average molecular weight is 327 g/mol. The topological polar surface area (TPSA) is 76.2 Å². The van der Waals surface area contributed by atoms with Crippen molar-refractivity contribution >= 4 is 11.6 Å². The van der Waals surface area contributed by atoms with Gasteiger partial charge in [-0.1, -0.05) is 0 Å². The van der Waals surface area contributed by atoms with E-state index in [0.29, 0.717) is 11.7 Å². The summed E-state index contributed by atoms with van der Waals surface area (Å²) in [4.78, 5) is 12.3. The number of benzene rings is 1. The minimum absolute atomic E-state index is 0.0898. The van der Waals surface area contributed by atoms with Gasteiger partial charge in [0.05, 0.1) is 25.6 Å². The van der Waals surface area contributed by atoms with Gasteiger partial charge in [0.2, 0.25) is 5.91 Å². The van der Waals surface area contributed by atoms with Crippen LogP contribution in [0.2, 0.25) is 0 Å². The highest BCUT2D eigenvalue weighted by Gasteiger charge is 2.35. The molecular formula is C18H21N3O3. The molecule has 2 aliphatic carbocycles. The summed E-state index contributed by atoms with van der Waals surface area (Å²) in [6, 6.07) is 5.61. The van der Waals surface area contributed by atoms with Gasteiger partial charge in [-0.05, 0) is 37.8 Å². The van der Waals surface area contributed by atoms with Crippen molar-refractivity contribution in [2.75, 3.05) is 19.5 Å². The molecule has 1 amide bonds. The van der Waals surface area contributed by atoms with Crippen LogP contribution in [-0.2, 0) is 4.79 Å². The van der Waals surface area contributed by atoms with Crippen LogP contribution >= 0.6 is 0 Å². The highest BCUT2D eigenvalue weighted by atomic mass is 16.5. The Hall–Kier alpha value is -2.50. The molecule has 1 aromatic carbocycles. The maximum Gasteiger partial charge on any atom is 0.227 e. The van der Waals surface area contributed by atoms with Gasteiger partial charge in [-0.2, -0.15) is 5.10 Å². The molecule has 2 aliphatic rings. The maximum atomic E-state index is 12.3. The van der Waals surface area contributed by atoms with Crippen molar-refractivity contribution < 1.29 is 14.3 Å². The van der Waals surface area contributed by atoms with Crippen LogP contribution in [0.4, 0.5) is 5.69 Å². The summed E-state index contributed by atoms with van der Waals surface area (Å²) < 4.78 is 10.8. The van der Waals surface area contributed by atoms with Crippen molar-refractivity contribution in [3.05, 3.63) is 23.9 Å². The number of hydrogen-bond donors (Lipinski definition) is 2. The molecule has 0 bridgehead atoms. The van der Waals surface area contributed by atoms with E-state index in [-0.39, 0.29) is 11.8 Å². The molecule has 126 valence electrons. The van der Waals surface area contributed by atoms with E-state index >= 15 is 0 Å². The van der Waals surface area contributed by atoms with Crippen molar-refractivity contribution in [3.63, 3.8) is 0 Å². The molecule has 2 aromatic rings. The van der Waals surface area contributed by atoms with Crippen LogP contribution in [0.1, 0.15) is 37.3 Å². The summed E-state index contributed by atoms with van der Waals surface area (Å²) >= 11 is 0. The highest BCUT2D eigenvalue weighted by Crippen LogP contribution is 2.47. The summed E-state index contributed by atoms with van der Waals surface area (Å²) in [6.07, 6.45) is 4.22. The zero-order valence-corrected chi connectivity index (χ0v) is 13.9. The lowest BCUT2D eigenvalue weighted by molar-refractivity contribution is -0.117. The number of carbonyl (C=O) groups is 1. The summed E-state index contributed by atoms with van der Waals surface area (Å²) in [7, 11) is 3.24. The largest absolute Gasteiger partial charge is 0.497 e. The molecule has 6 nitrogen and oxygen atoms in total. The maximum absolute atomic E-state index is 12.3. The average Bonchev–Trinajstić information content (AvgIpc) is 3.52. The Morgan fingerprint density at radius 2 is 2.00 bits per heavy atom. The standard InChI is InChI=1S/C18H21N3O3/c1-23-12-7-8-13(14(9-12)24-2)16-17(19-18(22)11-5-6-11)15(20-21-16)10-3-4-10/h7-11H,3-6H2,1-2H3,(H,19,22)(H,20,21). The molecule has 0 spiro atoms. The highest BCUT2D eigenvalue weighted by molar-refractivity contribution is 5.98. The van der Waals surface area contributed by atoms with Crippen molar-refractivity contribution in [1.29, 1.82) is 0 Å². The molecule has 24 heavy (non-hydrogen) atoms. The number of ether oxygens (including phenoxy) is 2. The molecule has 2 saturated carbocycles. The molecule has 1 aromatic heterocycles. The van der Waals surface area contributed by atoms with Crippen LogP contribution in [-0.4, -0.2) is 30.3 Å². The summed E-state index contributed by atoms with van der Waals surface area (Å²) in [5, 5.41) is 10.7. The monoisotopic (exact) mass is 327 g/mol. The number of H-pyrrole nitrogens is 1. The number of methoxy groups -OCH3 is 2. The lowest BCUT2D eigenvalue weighted by Gasteiger charge is -2.12. The van der Waals surface area contributed by atoms with Crippen LogP contribution in [0.25, 0.3) is 11.3 Å². The Bertz CT molecular complexity index is 776. The first-order valence-corrected chi connectivity index (χ1v) is 8.32. The number of amides is 1. The van der Waals surface area contributed by atoms with Crippen molar-refractivity contribution in [2.45, 2.75) is 31.6 Å². The predicted octanol–water partition coefficient (Wildman–Crippen LogP) is 3.32. The Labute approximate surface area is 140 Å². The molecule has 0 aliphatic heterocycles. The molecule has 2 N–H and O–H groups in total. The van der Waals surface area contributed by atoms with Gasteiger partial charge in [0, 0.05) is 23.5 Å². The molecular weight excluding hydrogens is 306 g/mol. The molecule has 4 rings (SSSR count). The van der Waals surface area contributed by atoms with E-state index in [4.69, 9.17) is 9.47 Å². The number of nitrogens with zero attached hydrogens (tertiary/aromatic N) is 1. The predicted molar refractivity (Wildman–Crippen MR) is 90.5 cm³/mol. The van der Waals surface area contributed by atoms with E-state index in [1.165, 1.54) is 0 Å². The SMILES string of the molecule is COc1ccc(-c2n[nH]c(C3CC3)c2NC(=O)C2CC2)c(OC)c1. The van der Waals surface area contributed by atoms with Crippen molar-refractivity contribution in [3.8, 4) is 22.8 Å². The molecule has 2 fully saturated rings. The first kappa shape index (κ1) is 15.1. The third-order valence-electron chi connectivity index (χ3n) is 4.64. The smallest absolute Gasteiger partial charge is 0.227 e. The van der Waals surface area contributed by atoms with Crippen LogP contribution in [0, 0.1) is 5.92 Å². The van der Waals surface area contributed by atoms with Crippen LogP contribution in [0.15, 0.2) is 18.2 Å². The molecule has 0 unspecified atom stereocenters. The lowest BCUT2D eigenvalue weighted by Crippen LogP contribution is -2.14. The third-order valence-corrected chi connectivity index (χ3v) is 4.64. The van der Waals surface area contributed by atoms with E-state index in [1.807, 2.05) is 18.2 Å². The number of aromatic nitrogens is 2. The van der Waals surface area contributed by atoms with Crippen LogP contribution < -0.4 is 14.8 Å². The Morgan fingerprint density at radius 1 is 1.21 bits per heavy atom. The quantitative estimate of drug-likeness (QED) is 0.853. The number of hydrogen-bond acceptors (Lipinski definition) is 4. The van der Waals surface area contributed by atoms with Crippen molar-refractivity contribution in [1.82, 2.24) is 10.2 Å². The van der Waals surface area contributed by atoms with Gasteiger partial charge in [0.25, 0.3) is 0 Å². The van der Waals surface area contributed by atoms with E-state index in [2.05, 4.69) is 15.5 Å². The van der Waals surface area contributed by atoms with Gasteiger partial charge in [-0.25, -0.2) is 0 Å². The minimum atomic E-state index is 0.0898. The third kappa shape index (κ3) is 2.72. The lowest BCUT2D eigenvalue weighted by atomic mass is 10.1. The van der Waals surface area contributed by atoms with Gasteiger partial charge in [-0.3, -0.25) is 9.89 Å². The minimum Gasteiger partial charge on any atom is -0.497 e. The zero-order valence-electron chi connectivity index (χ0n) is 13.9. The Morgan fingerprint density at radius 3 is 2.62 bits per heavy atom. The normalized spacial score (nSPS) is 16.8. The molecule has 6 heteroatoms. The first-order valence-electron chi connectivity index (χ1n) is 8.32. The number of rotatable bonds is 6. The fourth-order valence-corrected chi connectivity index (χ4v) is 2.91. The second-order valence-corrected chi connectivity index (χ2v) is 6.46. The summed E-state index contributed by atoms with van der Waals surface area (Å²) in [5.41, 5.74) is 3.40. The van der Waals surface area contributed by atoms with Gasteiger partial charge in [0.1, 0.15) is 17.2 Å². The Kier molecular flexibility index (Phi) is 3.67. The van der Waals surface area contributed by atoms with Gasteiger partial charge < -0.3 is 14.8 Å².